The van der Waals surface area contributed by atoms with Crippen LogP contribution >= 0.6 is 0 Å². The first-order valence-corrected chi connectivity index (χ1v) is 5.67. The normalized spacial score (nSPS) is 30.3. The maximum atomic E-state index is 10.8. The van der Waals surface area contributed by atoms with Crippen molar-refractivity contribution in [3.63, 3.8) is 0 Å². The van der Waals surface area contributed by atoms with Crippen molar-refractivity contribution in [2.24, 2.45) is 0 Å². The summed E-state index contributed by atoms with van der Waals surface area (Å²) in [6.45, 7) is -0.451. The third-order valence-electron chi connectivity index (χ3n) is 2.94. The summed E-state index contributed by atoms with van der Waals surface area (Å²) in [7, 11) is 0. The van der Waals surface area contributed by atoms with E-state index >= 15 is 0 Å². The maximum Gasteiger partial charge on any atom is 0.292 e. The van der Waals surface area contributed by atoms with Crippen LogP contribution in [0, 0.1) is 10.1 Å². The number of nitrogens with one attached hydrogen (secondary N) is 1. The molecule has 2 rings (SSSR count). The van der Waals surface area contributed by atoms with Gasteiger partial charge in [-0.3, -0.25) is 10.1 Å². The van der Waals surface area contributed by atoms with E-state index in [4.69, 9.17) is 9.84 Å². The largest absolute Gasteiger partial charge is 0.394 e. The Morgan fingerprint density at radius 2 is 2.00 bits per heavy atom. The molecule has 1 aromatic rings. The fourth-order valence-corrected chi connectivity index (χ4v) is 1.93. The first kappa shape index (κ1) is 13.7. The average Bonchev–Trinajstić information content (AvgIpc) is 2.67. The van der Waals surface area contributed by atoms with Crippen LogP contribution in [0.25, 0.3) is 0 Å². The molecule has 1 aliphatic heterocycles. The number of hydrogen-bond donors (Lipinski definition) is 4. The van der Waals surface area contributed by atoms with Gasteiger partial charge in [0.1, 0.15) is 24.0 Å². The zero-order valence-corrected chi connectivity index (χ0v) is 9.84. The van der Waals surface area contributed by atoms with E-state index in [1.807, 2.05) is 0 Å². The van der Waals surface area contributed by atoms with Crippen molar-refractivity contribution in [2.75, 3.05) is 11.9 Å². The van der Waals surface area contributed by atoms with Crippen LogP contribution in [0.5, 0.6) is 0 Å². The molecule has 0 aromatic heterocycles. The topological polar surface area (TPSA) is 125 Å². The molecule has 1 heterocycles. The van der Waals surface area contributed by atoms with Gasteiger partial charge in [0.25, 0.3) is 5.69 Å². The highest BCUT2D eigenvalue weighted by molar-refractivity contribution is 5.61. The zero-order chi connectivity index (χ0) is 14.0. The van der Waals surface area contributed by atoms with Gasteiger partial charge in [-0.05, 0) is 6.07 Å². The molecule has 0 spiro atoms. The van der Waals surface area contributed by atoms with Gasteiger partial charge in [0.05, 0.1) is 11.5 Å². The van der Waals surface area contributed by atoms with Crippen molar-refractivity contribution >= 4 is 11.4 Å². The number of nitro benzene ring substituents is 1. The minimum atomic E-state index is -1.28. The Hall–Kier alpha value is -1.74. The monoisotopic (exact) mass is 270 g/mol. The van der Waals surface area contributed by atoms with Gasteiger partial charge in [0.2, 0.25) is 0 Å². The number of aliphatic hydroxyl groups excluding tert-OH is 3. The lowest BCUT2D eigenvalue weighted by molar-refractivity contribution is -0.384. The summed E-state index contributed by atoms with van der Waals surface area (Å²) in [5.74, 6) is 0. The highest BCUT2D eigenvalue weighted by atomic mass is 16.6. The standard InChI is InChI=1S/C11H14N2O6/c14-5-8-9(15)10(16)11(19-8)12-6-3-1-2-4-7(6)13(17)18/h1-4,8-12,14-16H,5H2/t8-,9-,10-,11+/m1/s1. The number of ether oxygens (including phenoxy) is 1. The summed E-state index contributed by atoms with van der Waals surface area (Å²) in [5, 5.41) is 41.7. The average molecular weight is 270 g/mol. The molecule has 8 heteroatoms. The molecule has 19 heavy (non-hydrogen) atoms. The number of aliphatic hydroxyl groups is 3. The second-order valence-corrected chi connectivity index (χ2v) is 4.18. The van der Waals surface area contributed by atoms with E-state index in [1.165, 1.54) is 18.2 Å². The fourth-order valence-electron chi connectivity index (χ4n) is 1.93. The molecule has 0 amide bonds. The van der Waals surface area contributed by atoms with Gasteiger partial charge in [0.15, 0.2) is 6.23 Å². The molecule has 1 fully saturated rings. The number of nitro groups is 1. The lowest BCUT2D eigenvalue weighted by Crippen LogP contribution is -2.36. The summed E-state index contributed by atoms with van der Waals surface area (Å²) in [4.78, 5) is 10.3. The maximum absolute atomic E-state index is 10.8. The predicted octanol–water partition coefficient (Wildman–Crippen LogP) is -0.554. The number of nitrogens with zero attached hydrogens (tertiary/aromatic N) is 1. The lowest BCUT2D eigenvalue weighted by Gasteiger charge is -2.17. The van der Waals surface area contributed by atoms with E-state index in [-0.39, 0.29) is 11.4 Å². The van der Waals surface area contributed by atoms with Crippen molar-refractivity contribution < 1.29 is 25.0 Å². The second-order valence-electron chi connectivity index (χ2n) is 4.18. The first-order valence-electron chi connectivity index (χ1n) is 5.67. The van der Waals surface area contributed by atoms with Gasteiger partial charge in [-0.2, -0.15) is 0 Å². The number of para-hydroxylation sites is 2. The smallest absolute Gasteiger partial charge is 0.292 e. The second kappa shape index (κ2) is 5.49. The summed E-state index contributed by atoms with van der Waals surface area (Å²) >= 11 is 0. The molecular formula is C11H14N2O6. The van der Waals surface area contributed by atoms with Crippen LogP contribution in [-0.2, 0) is 4.74 Å². The Bertz CT molecular complexity index is 468. The Morgan fingerprint density at radius 1 is 1.32 bits per heavy atom. The van der Waals surface area contributed by atoms with Crippen molar-refractivity contribution in [3.8, 4) is 0 Å². The van der Waals surface area contributed by atoms with Crippen molar-refractivity contribution in [1.82, 2.24) is 0 Å². The molecule has 0 unspecified atom stereocenters. The molecule has 1 saturated heterocycles. The van der Waals surface area contributed by atoms with Crippen molar-refractivity contribution in [2.45, 2.75) is 24.5 Å². The fraction of sp³-hybridized carbons (Fsp3) is 0.455. The zero-order valence-electron chi connectivity index (χ0n) is 9.84. The first-order chi connectivity index (χ1) is 9.04. The molecule has 0 saturated carbocycles. The lowest BCUT2D eigenvalue weighted by atomic mass is 10.1. The Balaban J connectivity index is 2.16. The highest BCUT2D eigenvalue weighted by Gasteiger charge is 2.42. The van der Waals surface area contributed by atoms with E-state index in [9.17, 15) is 20.3 Å². The van der Waals surface area contributed by atoms with E-state index in [0.29, 0.717) is 0 Å². The number of benzene rings is 1. The van der Waals surface area contributed by atoms with E-state index < -0.39 is 36.1 Å². The third kappa shape index (κ3) is 2.66. The SMILES string of the molecule is O=[N+]([O-])c1ccccc1N[C@H]1O[C@H](CO)[C@@H](O)[C@H]1O. The summed E-state index contributed by atoms with van der Waals surface area (Å²) < 4.78 is 5.19. The van der Waals surface area contributed by atoms with E-state index in [1.54, 1.807) is 6.07 Å². The van der Waals surface area contributed by atoms with Gasteiger partial charge < -0.3 is 25.4 Å². The van der Waals surface area contributed by atoms with Crippen molar-refractivity contribution in [3.05, 3.63) is 34.4 Å². The Labute approximate surface area is 108 Å². The summed E-state index contributed by atoms with van der Waals surface area (Å²) in [6.07, 6.45) is -4.47. The van der Waals surface area contributed by atoms with Gasteiger partial charge >= 0.3 is 0 Å². The number of rotatable bonds is 4. The third-order valence-corrected chi connectivity index (χ3v) is 2.94. The van der Waals surface area contributed by atoms with Gasteiger partial charge in [-0.15, -0.1) is 0 Å². The van der Waals surface area contributed by atoms with Gasteiger partial charge in [-0.25, -0.2) is 0 Å². The molecular weight excluding hydrogens is 256 g/mol. The van der Waals surface area contributed by atoms with Gasteiger partial charge in [-0.1, -0.05) is 12.1 Å². The van der Waals surface area contributed by atoms with E-state index in [2.05, 4.69) is 5.32 Å². The number of anilines is 1. The Kier molecular flexibility index (Phi) is 3.96. The molecule has 8 nitrogen and oxygen atoms in total. The minimum Gasteiger partial charge on any atom is -0.394 e. The minimum absolute atomic E-state index is 0.166. The van der Waals surface area contributed by atoms with Crippen LogP contribution in [-0.4, -0.2) is 51.4 Å². The molecule has 4 N–H and O–H groups in total. The molecule has 4 atom stereocenters. The predicted molar refractivity (Wildman–Crippen MR) is 64.5 cm³/mol. The van der Waals surface area contributed by atoms with Crippen LogP contribution in [0.4, 0.5) is 11.4 Å². The van der Waals surface area contributed by atoms with Crippen molar-refractivity contribution in [1.29, 1.82) is 0 Å². The van der Waals surface area contributed by atoms with E-state index in [0.717, 1.165) is 0 Å². The van der Waals surface area contributed by atoms with Crippen LogP contribution in [0.15, 0.2) is 24.3 Å². The number of hydrogen-bond acceptors (Lipinski definition) is 7. The Morgan fingerprint density at radius 3 is 2.58 bits per heavy atom. The summed E-state index contributed by atoms with van der Waals surface area (Å²) in [5.41, 5.74) is 0.00239. The highest BCUT2D eigenvalue weighted by Crippen LogP contribution is 2.28. The van der Waals surface area contributed by atoms with Crippen LogP contribution in [0.2, 0.25) is 0 Å². The quantitative estimate of drug-likeness (QED) is 0.427. The molecule has 1 aromatic carbocycles. The van der Waals surface area contributed by atoms with Crippen LogP contribution in [0.3, 0.4) is 0 Å². The van der Waals surface area contributed by atoms with Crippen LogP contribution in [0.1, 0.15) is 0 Å². The molecule has 0 bridgehead atoms. The van der Waals surface area contributed by atoms with Gasteiger partial charge in [0, 0.05) is 6.07 Å². The molecule has 0 radical (unpaired) electrons. The summed E-state index contributed by atoms with van der Waals surface area (Å²) in [6, 6.07) is 5.88. The molecule has 1 aliphatic rings. The molecule has 0 aliphatic carbocycles. The van der Waals surface area contributed by atoms with Crippen LogP contribution < -0.4 is 5.32 Å². The molecule has 104 valence electrons.